The summed E-state index contributed by atoms with van der Waals surface area (Å²) in [5, 5.41) is 8.41. The number of aryl methyl sites for hydroxylation is 1. The van der Waals surface area contributed by atoms with Gasteiger partial charge in [-0.1, -0.05) is 90.0 Å². The second-order valence-corrected chi connectivity index (χ2v) is 12.1. The minimum atomic E-state index is -0.574. The average Bonchev–Trinajstić information content (AvgIpc) is 3.09. The summed E-state index contributed by atoms with van der Waals surface area (Å²) in [6.45, 7) is 1.98. The van der Waals surface area contributed by atoms with Gasteiger partial charge in [0, 0.05) is 21.8 Å². The van der Waals surface area contributed by atoms with Gasteiger partial charge in [-0.15, -0.1) is 11.8 Å². The summed E-state index contributed by atoms with van der Waals surface area (Å²) in [7, 11) is 1.53. The molecule has 0 saturated heterocycles. The molecule has 9 heteroatoms. The Labute approximate surface area is 283 Å². The molecule has 0 heterocycles. The molecule has 5 rings (SSSR count). The molecule has 3 amide bonds. The number of nitrogens with one attached hydrogen (secondary N) is 3. The summed E-state index contributed by atoms with van der Waals surface area (Å²) >= 11 is 7.65. The highest BCUT2D eigenvalue weighted by Gasteiger charge is 2.23. The van der Waals surface area contributed by atoms with Crippen molar-refractivity contribution in [3.8, 4) is 5.75 Å². The number of amides is 3. The van der Waals surface area contributed by atoms with Crippen LogP contribution in [0.25, 0.3) is 6.08 Å². The van der Waals surface area contributed by atoms with Crippen molar-refractivity contribution in [3.05, 3.63) is 160 Å². The molecule has 5 aromatic rings. The van der Waals surface area contributed by atoms with Crippen molar-refractivity contribution in [3.63, 3.8) is 0 Å². The zero-order valence-electron chi connectivity index (χ0n) is 25.7. The molecule has 3 N–H and O–H groups in total. The van der Waals surface area contributed by atoms with Gasteiger partial charge < -0.3 is 20.7 Å². The zero-order valence-corrected chi connectivity index (χ0v) is 27.3. The highest BCUT2D eigenvalue weighted by molar-refractivity contribution is 8.00. The van der Waals surface area contributed by atoms with Gasteiger partial charge in [0.05, 0.1) is 12.1 Å². The molecule has 0 aliphatic carbocycles. The van der Waals surface area contributed by atoms with Crippen LogP contribution in [0, 0.1) is 6.92 Å². The molecule has 236 valence electrons. The van der Waals surface area contributed by atoms with E-state index in [4.69, 9.17) is 16.3 Å². The van der Waals surface area contributed by atoms with Crippen LogP contribution in [0.15, 0.2) is 138 Å². The largest absolute Gasteiger partial charge is 0.495 e. The number of rotatable bonds is 11. The standard InChI is InChI=1S/C38H32ClN3O4S/c1-25-13-15-26(16-14-25)23-33(42-36(43)28-11-7-4-8-12-28)37(44)40-29-17-20-31(21-18-29)47-35(27-9-5-3-6-10-27)38(45)41-30-19-22-34(46-2)32(39)24-30/h3-24,35H,1-2H3,(H,40,44)(H,41,45)(H,42,43)/b33-23-. The third-order valence-corrected chi connectivity index (χ3v) is 8.60. The van der Waals surface area contributed by atoms with Crippen molar-refractivity contribution in [1.82, 2.24) is 5.32 Å². The van der Waals surface area contributed by atoms with E-state index in [0.717, 1.165) is 21.6 Å². The Morgan fingerprint density at radius 1 is 0.766 bits per heavy atom. The quantitative estimate of drug-likeness (QED) is 0.0974. The van der Waals surface area contributed by atoms with Crippen molar-refractivity contribution in [2.75, 3.05) is 17.7 Å². The first-order valence-corrected chi connectivity index (χ1v) is 16.0. The van der Waals surface area contributed by atoms with Gasteiger partial charge in [-0.25, -0.2) is 0 Å². The molecule has 7 nitrogen and oxygen atoms in total. The molecule has 0 saturated carbocycles. The van der Waals surface area contributed by atoms with Gasteiger partial charge in [0.15, 0.2) is 0 Å². The first-order chi connectivity index (χ1) is 22.8. The minimum Gasteiger partial charge on any atom is -0.495 e. The second kappa shape index (κ2) is 15.8. The highest BCUT2D eigenvalue weighted by Crippen LogP contribution is 2.37. The van der Waals surface area contributed by atoms with Crippen molar-refractivity contribution >= 4 is 58.5 Å². The Kier molecular flexibility index (Phi) is 11.1. The van der Waals surface area contributed by atoms with E-state index in [9.17, 15) is 14.4 Å². The summed E-state index contributed by atoms with van der Waals surface area (Å²) in [6, 6.07) is 38.1. The van der Waals surface area contributed by atoms with Gasteiger partial charge in [0.2, 0.25) is 5.91 Å². The molecular weight excluding hydrogens is 630 g/mol. The Morgan fingerprint density at radius 3 is 2.04 bits per heavy atom. The topological polar surface area (TPSA) is 96.5 Å². The summed E-state index contributed by atoms with van der Waals surface area (Å²) in [5.74, 6) is -0.579. The maximum absolute atomic E-state index is 13.5. The molecule has 1 unspecified atom stereocenters. The predicted molar refractivity (Wildman–Crippen MR) is 190 cm³/mol. The molecule has 0 spiro atoms. The normalized spacial score (nSPS) is 11.7. The third-order valence-electron chi connectivity index (χ3n) is 7.04. The fourth-order valence-electron chi connectivity index (χ4n) is 4.58. The summed E-state index contributed by atoms with van der Waals surface area (Å²) in [4.78, 5) is 40.8. The van der Waals surface area contributed by atoms with Crippen LogP contribution in [-0.2, 0) is 9.59 Å². The van der Waals surface area contributed by atoms with Gasteiger partial charge in [-0.05, 0) is 78.7 Å². The molecule has 0 fully saturated rings. The number of thioether (sulfide) groups is 1. The van der Waals surface area contributed by atoms with Gasteiger partial charge >= 0.3 is 0 Å². The monoisotopic (exact) mass is 661 g/mol. The maximum atomic E-state index is 13.5. The van der Waals surface area contributed by atoms with Gasteiger partial charge in [0.1, 0.15) is 16.7 Å². The summed E-state index contributed by atoms with van der Waals surface area (Å²) in [5.41, 5.74) is 4.28. The lowest BCUT2D eigenvalue weighted by atomic mass is 10.1. The molecule has 0 aliphatic heterocycles. The Balaban J connectivity index is 1.32. The minimum absolute atomic E-state index is 0.0978. The number of carbonyl (C=O) groups is 3. The highest BCUT2D eigenvalue weighted by atomic mass is 35.5. The zero-order chi connectivity index (χ0) is 33.2. The van der Waals surface area contributed by atoms with Crippen LogP contribution < -0.4 is 20.7 Å². The van der Waals surface area contributed by atoms with Crippen molar-refractivity contribution in [1.29, 1.82) is 0 Å². The first-order valence-electron chi connectivity index (χ1n) is 14.7. The smallest absolute Gasteiger partial charge is 0.272 e. The van der Waals surface area contributed by atoms with E-state index in [-0.39, 0.29) is 11.6 Å². The number of halogens is 1. The lowest BCUT2D eigenvalue weighted by Gasteiger charge is -2.18. The van der Waals surface area contributed by atoms with E-state index in [0.29, 0.717) is 27.7 Å². The van der Waals surface area contributed by atoms with E-state index < -0.39 is 17.1 Å². The van der Waals surface area contributed by atoms with Crippen LogP contribution in [0.3, 0.4) is 0 Å². The van der Waals surface area contributed by atoms with Gasteiger partial charge in [-0.2, -0.15) is 0 Å². The fourth-order valence-corrected chi connectivity index (χ4v) is 5.86. The van der Waals surface area contributed by atoms with E-state index >= 15 is 0 Å². The average molecular weight is 662 g/mol. The van der Waals surface area contributed by atoms with Gasteiger partial charge in [0.25, 0.3) is 11.8 Å². The van der Waals surface area contributed by atoms with Crippen LogP contribution in [0.1, 0.15) is 32.3 Å². The van der Waals surface area contributed by atoms with Crippen LogP contribution in [0.4, 0.5) is 11.4 Å². The Bertz CT molecular complexity index is 1880. The first kappa shape index (κ1) is 33.1. The molecule has 0 aliphatic rings. The van der Waals surface area contributed by atoms with Crippen molar-refractivity contribution < 1.29 is 19.1 Å². The fraction of sp³-hybridized carbons (Fsp3) is 0.0789. The van der Waals surface area contributed by atoms with Crippen molar-refractivity contribution in [2.24, 2.45) is 0 Å². The van der Waals surface area contributed by atoms with Crippen LogP contribution >= 0.6 is 23.4 Å². The lowest BCUT2D eigenvalue weighted by Crippen LogP contribution is -2.30. The number of carbonyl (C=O) groups excluding carboxylic acids is 3. The maximum Gasteiger partial charge on any atom is 0.272 e. The number of hydrogen-bond donors (Lipinski definition) is 3. The number of methoxy groups -OCH3 is 1. The number of benzene rings is 5. The molecule has 0 aromatic heterocycles. The predicted octanol–water partition coefficient (Wildman–Crippen LogP) is 8.54. The summed E-state index contributed by atoms with van der Waals surface area (Å²) in [6.07, 6.45) is 1.64. The number of hydrogen-bond acceptors (Lipinski definition) is 5. The molecule has 0 radical (unpaired) electrons. The molecule has 1 atom stereocenters. The molecule has 47 heavy (non-hydrogen) atoms. The van der Waals surface area contributed by atoms with Crippen molar-refractivity contribution in [2.45, 2.75) is 17.1 Å². The molecule has 0 bridgehead atoms. The third kappa shape index (κ3) is 9.13. The lowest BCUT2D eigenvalue weighted by molar-refractivity contribution is -0.116. The Morgan fingerprint density at radius 2 is 1.40 bits per heavy atom. The number of anilines is 2. The second-order valence-electron chi connectivity index (χ2n) is 10.5. The molecular formula is C38H32ClN3O4S. The SMILES string of the molecule is COc1ccc(NC(=O)C(Sc2ccc(NC(=O)/C(=C/c3ccc(C)cc3)NC(=O)c3ccccc3)cc2)c2ccccc2)cc1Cl. The molecule has 5 aromatic carbocycles. The van der Waals surface area contributed by atoms with E-state index in [1.54, 1.807) is 60.7 Å². The summed E-state index contributed by atoms with van der Waals surface area (Å²) < 4.78 is 5.22. The number of ether oxygens (including phenoxy) is 1. The van der Waals surface area contributed by atoms with E-state index in [2.05, 4.69) is 16.0 Å². The van der Waals surface area contributed by atoms with Crippen LogP contribution in [0.2, 0.25) is 5.02 Å². The van der Waals surface area contributed by atoms with Crippen LogP contribution in [0.5, 0.6) is 5.75 Å². The van der Waals surface area contributed by atoms with E-state index in [1.165, 1.54) is 18.9 Å². The van der Waals surface area contributed by atoms with E-state index in [1.807, 2.05) is 79.7 Å². The van der Waals surface area contributed by atoms with Gasteiger partial charge in [-0.3, -0.25) is 14.4 Å². The van der Waals surface area contributed by atoms with Crippen LogP contribution in [-0.4, -0.2) is 24.8 Å². The Hall–Kier alpha value is -5.31.